The third kappa shape index (κ3) is 5.87. The fraction of sp³-hybridized carbons (Fsp3) is 0.500. The van der Waals surface area contributed by atoms with E-state index < -0.39 is 0 Å². The van der Waals surface area contributed by atoms with Gasteiger partial charge in [-0.2, -0.15) is 0 Å². The van der Waals surface area contributed by atoms with E-state index in [1.807, 2.05) is 13.8 Å². The predicted octanol–water partition coefficient (Wildman–Crippen LogP) is 4.82. The summed E-state index contributed by atoms with van der Waals surface area (Å²) in [6, 6.07) is 8.56. The third-order valence-corrected chi connectivity index (χ3v) is 2.26. The normalized spacial score (nSPS) is 8.92. The highest BCUT2D eigenvalue weighted by Crippen LogP contribution is 2.11. The van der Waals surface area contributed by atoms with Gasteiger partial charge in [0.05, 0.1) is 0 Å². The molecular weight excluding hydrogens is 224 g/mol. The molecule has 1 rings (SSSR count). The Kier molecular flexibility index (Phi) is 8.11. The molecule has 0 radical (unpaired) electrons. The molecule has 0 saturated heterocycles. The van der Waals surface area contributed by atoms with Crippen LogP contribution >= 0.6 is 15.9 Å². The molecule has 0 aliphatic heterocycles. The number of halogens is 1. The Morgan fingerprint density at radius 2 is 1.62 bits per heavy atom. The number of aryl methyl sites for hydroxylation is 1. The molecule has 0 N–H and O–H groups in total. The highest BCUT2D eigenvalue weighted by atomic mass is 79.9. The summed E-state index contributed by atoms with van der Waals surface area (Å²) in [5.41, 5.74) is 1.44. The summed E-state index contributed by atoms with van der Waals surface area (Å²) in [7, 11) is 0. The first-order valence-corrected chi connectivity index (χ1v) is 5.86. The summed E-state index contributed by atoms with van der Waals surface area (Å²) in [6.45, 7) is 6.22. The third-order valence-electron chi connectivity index (χ3n) is 1.73. The molecule has 1 aromatic rings. The molecule has 0 nitrogen and oxygen atoms in total. The van der Waals surface area contributed by atoms with Gasteiger partial charge in [0.25, 0.3) is 0 Å². The van der Waals surface area contributed by atoms with Crippen molar-refractivity contribution in [3.05, 3.63) is 34.3 Å². The Balaban J connectivity index is 0.000000671. The average Bonchev–Trinajstić information content (AvgIpc) is 2.20. The van der Waals surface area contributed by atoms with Gasteiger partial charge in [-0.3, -0.25) is 0 Å². The molecule has 0 unspecified atom stereocenters. The quantitative estimate of drug-likeness (QED) is 0.714. The SMILES string of the molecule is CC.CCCCc1ccc(Br)cc1. The molecule has 0 bridgehead atoms. The molecule has 0 saturated carbocycles. The van der Waals surface area contributed by atoms with Gasteiger partial charge in [-0.05, 0) is 30.5 Å². The van der Waals surface area contributed by atoms with Crippen LogP contribution < -0.4 is 0 Å². The van der Waals surface area contributed by atoms with E-state index in [0.29, 0.717) is 0 Å². The van der Waals surface area contributed by atoms with Crippen LogP contribution in [0, 0.1) is 0 Å². The van der Waals surface area contributed by atoms with Crippen molar-refractivity contribution in [3.63, 3.8) is 0 Å². The van der Waals surface area contributed by atoms with Gasteiger partial charge in [0.1, 0.15) is 0 Å². The Hall–Kier alpha value is -0.300. The Labute approximate surface area is 90.5 Å². The second-order valence-corrected chi connectivity index (χ2v) is 3.65. The van der Waals surface area contributed by atoms with Crippen LogP contribution in [0.2, 0.25) is 0 Å². The van der Waals surface area contributed by atoms with Crippen LogP contribution in [0.25, 0.3) is 0 Å². The van der Waals surface area contributed by atoms with Crippen molar-refractivity contribution in [2.75, 3.05) is 0 Å². The van der Waals surface area contributed by atoms with Crippen LogP contribution in [0.1, 0.15) is 39.2 Å². The molecule has 0 spiro atoms. The smallest absolute Gasteiger partial charge is 0.0175 e. The first kappa shape index (κ1) is 12.7. The van der Waals surface area contributed by atoms with Gasteiger partial charge in [0, 0.05) is 4.47 Å². The molecule has 0 aliphatic rings. The minimum atomic E-state index is 1.16. The lowest BCUT2D eigenvalue weighted by Gasteiger charge is -1.98. The van der Waals surface area contributed by atoms with Gasteiger partial charge < -0.3 is 0 Å². The van der Waals surface area contributed by atoms with Gasteiger partial charge in [0.2, 0.25) is 0 Å². The summed E-state index contributed by atoms with van der Waals surface area (Å²) in [5.74, 6) is 0. The zero-order valence-corrected chi connectivity index (χ0v) is 10.4. The summed E-state index contributed by atoms with van der Waals surface area (Å²) >= 11 is 3.41. The maximum absolute atomic E-state index is 3.41. The summed E-state index contributed by atoms with van der Waals surface area (Å²) in [6.07, 6.45) is 3.78. The first-order valence-electron chi connectivity index (χ1n) is 5.07. The molecule has 0 heterocycles. The maximum atomic E-state index is 3.41. The highest BCUT2D eigenvalue weighted by Gasteiger charge is 1.90. The van der Waals surface area contributed by atoms with E-state index in [9.17, 15) is 0 Å². The average molecular weight is 243 g/mol. The minimum absolute atomic E-state index is 1.16. The van der Waals surface area contributed by atoms with Crippen LogP contribution in [-0.4, -0.2) is 0 Å². The van der Waals surface area contributed by atoms with Crippen LogP contribution in [0.15, 0.2) is 28.7 Å². The van der Waals surface area contributed by atoms with Crippen LogP contribution in [0.4, 0.5) is 0 Å². The fourth-order valence-corrected chi connectivity index (χ4v) is 1.30. The second kappa shape index (κ2) is 8.31. The van der Waals surface area contributed by atoms with Crippen molar-refractivity contribution < 1.29 is 0 Å². The Morgan fingerprint density at radius 3 is 2.08 bits per heavy atom. The second-order valence-electron chi connectivity index (χ2n) is 2.73. The molecule has 1 aromatic carbocycles. The van der Waals surface area contributed by atoms with E-state index in [1.54, 1.807) is 0 Å². The van der Waals surface area contributed by atoms with Crippen LogP contribution in [0.5, 0.6) is 0 Å². The molecule has 0 fully saturated rings. The van der Waals surface area contributed by atoms with E-state index in [-0.39, 0.29) is 0 Å². The van der Waals surface area contributed by atoms with Crippen molar-refractivity contribution in [2.45, 2.75) is 40.0 Å². The van der Waals surface area contributed by atoms with Gasteiger partial charge in [-0.25, -0.2) is 0 Å². The molecular formula is C12H19Br. The molecule has 13 heavy (non-hydrogen) atoms. The van der Waals surface area contributed by atoms with E-state index in [2.05, 4.69) is 47.1 Å². The first-order chi connectivity index (χ1) is 6.33. The topological polar surface area (TPSA) is 0 Å². The molecule has 74 valence electrons. The van der Waals surface area contributed by atoms with Gasteiger partial charge in [-0.15, -0.1) is 0 Å². The van der Waals surface area contributed by atoms with E-state index in [1.165, 1.54) is 24.8 Å². The summed E-state index contributed by atoms with van der Waals surface area (Å²) in [5, 5.41) is 0. The number of benzene rings is 1. The minimum Gasteiger partial charge on any atom is -0.0683 e. The number of hydrogen-bond donors (Lipinski definition) is 0. The predicted molar refractivity (Wildman–Crippen MR) is 64.1 cm³/mol. The van der Waals surface area contributed by atoms with Gasteiger partial charge >= 0.3 is 0 Å². The van der Waals surface area contributed by atoms with Gasteiger partial charge in [0.15, 0.2) is 0 Å². The standard InChI is InChI=1S/C10H13Br.C2H6/c1-2-3-4-9-5-7-10(11)8-6-9;1-2/h5-8H,2-4H2,1H3;1-2H3. The summed E-state index contributed by atoms with van der Waals surface area (Å²) < 4.78 is 1.16. The molecule has 0 amide bonds. The monoisotopic (exact) mass is 242 g/mol. The van der Waals surface area contributed by atoms with E-state index in [4.69, 9.17) is 0 Å². The van der Waals surface area contributed by atoms with Crippen molar-refractivity contribution in [1.82, 2.24) is 0 Å². The molecule has 0 aliphatic carbocycles. The Morgan fingerprint density at radius 1 is 1.08 bits per heavy atom. The van der Waals surface area contributed by atoms with Crippen molar-refractivity contribution in [2.24, 2.45) is 0 Å². The van der Waals surface area contributed by atoms with E-state index >= 15 is 0 Å². The zero-order chi connectivity index (χ0) is 10.1. The van der Waals surface area contributed by atoms with Gasteiger partial charge in [-0.1, -0.05) is 55.3 Å². The number of rotatable bonds is 3. The van der Waals surface area contributed by atoms with Crippen molar-refractivity contribution in [3.8, 4) is 0 Å². The maximum Gasteiger partial charge on any atom is 0.0175 e. The molecule has 0 atom stereocenters. The van der Waals surface area contributed by atoms with Crippen molar-refractivity contribution >= 4 is 15.9 Å². The van der Waals surface area contributed by atoms with Crippen molar-refractivity contribution in [1.29, 1.82) is 0 Å². The largest absolute Gasteiger partial charge is 0.0683 e. The lowest BCUT2D eigenvalue weighted by atomic mass is 10.1. The molecule has 0 aromatic heterocycles. The number of unbranched alkanes of at least 4 members (excludes halogenated alkanes) is 1. The number of hydrogen-bond acceptors (Lipinski definition) is 0. The molecule has 1 heteroatoms. The highest BCUT2D eigenvalue weighted by molar-refractivity contribution is 9.10. The lowest BCUT2D eigenvalue weighted by molar-refractivity contribution is 0.795. The van der Waals surface area contributed by atoms with Crippen LogP contribution in [-0.2, 0) is 6.42 Å². The lowest BCUT2D eigenvalue weighted by Crippen LogP contribution is -1.82. The fourth-order valence-electron chi connectivity index (χ4n) is 1.03. The van der Waals surface area contributed by atoms with E-state index in [0.717, 1.165) is 4.47 Å². The Bertz CT molecular complexity index is 201. The summed E-state index contributed by atoms with van der Waals surface area (Å²) in [4.78, 5) is 0. The zero-order valence-electron chi connectivity index (χ0n) is 8.81. The van der Waals surface area contributed by atoms with Crippen LogP contribution in [0.3, 0.4) is 0 Å².